The fraction of sp³-hybridized carbons (Fsp3) is 0.375. The van der Waals surface area contributed by atoms with E-state index < -0.39 is 5.91 Å². The van der Waals surface area contributed by atoms with Crippen LogP contribution >= 0.6 is 11.6 Å². The Hall–Kier alpha value is -1.24. The molecule has 0 aromatic carbocycles. The number of methoxy groups -OCH3 is 1. The Bertz CT molecular complexity index is 335. The van der Waals surface area contributed by atoms with Gasteiger partial charge in [-0.2, -0.15) is 0 Å². The van der Waals surface area contributed by atoms with E-state index in [1.807, 2.05) is 0 Å². The van der Waals surface area contributed by atoms with Gasteiger partial charge in [0, 0.05) is 7.11 Å². The number of aromatic nitrogens is 2. The maximum atomic E-state index is 11.3. The minimum atomic E-state index is -0.499. The zero-order chi connectivity index (χ0) is 11.1. The third-order valence-electron chi connectivity index (χ3n) is 1.39. The normalized spacial score (nSPS) is 10.0. The van der Waals surface area contributed by atoms with Gasteiger partial charge in [-0.3, -0.25) is 14.6 Å². The van der Waals surface area contributed by atoms with E-state index in [9.17, 15) is 4.79 Å². The fourth-order valence-corrected chi connectivity index (χ4v) is 0.893. The number of halogens is 1. The van der Waals surface area contributed by atoms with Crippen molar-refractivity contribution >= 4 is 17.5 Å². The molecule has 7 heteroatoms. The van der Waals surface area contributed by atoms with Crippen molar-refractivity contribution in [2.45, 2.75) is 0 Å². The molecule has 0 spiro atoms. The summed E-state index contributed by atoms with van der Waals surface area (Å²) in [6, 6.07) is 0. The molecule has 0 atom stereocenters. The van der Waals surface area contributed by atoms with E-state index in [1.54, 1.807) is 0 Å². The van der Waals surface area contributed by atoms with Crippen LogP contribution in [0.5, 0.6) is 0 Å². The molecule has 1 aromatic rings. The molecule has 0 fully saturated rings. The Morgan fingerprint density at radius 3 is 3.00 bits per heavy atom. The third kappa shape index (κ3) is 4.20. The predicted molar refractivity (Wildman–Crippen MR) is 52.3 cm³/mol. The van der Waals surface area contributed by atoms with Gasteiger partial charge in [0.2, 0.25) is 0 Å². The van der Waals surface area contributed by atoms with Crippen LogP contribution < -0.4 is 5.48 Å². The van der Waals surface area contributed by atoms with Crippen LogP contribution in [0.25, 0.3) is 0 Å². The highest BCUT2D eigenvalue weighted by atomic mass is 35.5. The maximum Gasteiger partial charge on any atom is 0.295 e. The molecular formula is C8H10ClN3O3. The molecule has 1 N–H and O–H groups in total. The number of hydrogen-bond donors (Lipinski definition) is 1. The Balaban J connectivity index is 2.40. The topological polar surface area (TPSA) is 73.3 Å². The summed E-state index contributed by atoms with van der Waals surface area (Å²) in [5, 5.41) is 0.152. The molecule has 1 aromatic heterocycles. The highest BCUT2D eigenvalue weighted by molar-refractivity contribution is 6.29. The lowest BCUT2D eigenvalue weighted by atomic mass is 10.4. The highest BCUT2D eigenvalue weighted by Crippen LogP contribution is 2.01. The van der Waals surface area contributed by atoms with Crippen LogP contribution in [0.2, 0.25) is 5.15 Å². The van der Waals surface area contributed by atoms with E-state index in [0.717, 1.165) is 0 Å². The van der Waals surface area contributed by atoms with Crippen LogP contribution in [-0.2, 0) is 9.57 Å². The minimum absolute atomic E-state index is 0.0971. The molecule has 0 saturated heterocycles. The first-order valence-corrected chi connectivity index (χ1v) is 4.50. The lowest BCUT2D eigenvalue weighted by Gasteiger charge is -2.04. The summed E-state index contributed by atoms with van der Waals surface area (Å²) in [4.78, 5) is 23.6. The summed E-state index contributed by atoms with van der Waals surface area (Å²) in [7, 11) is 1.54. The van der Waals surface area contributed by atoms with Crippen LogP contribution in [0, 0.1) is 0 Å². The number of amides is 1. The summed E-state index contributed by atoms with van der Waals surface area (Å²) >= 11 is 5.56. The molecule has 1 amide bonds. The minimum Gasteiger partial charge on any atom is -0.382 e. The van der Waals surface area contributed by atoms with Gasteiger partial charge in [0.05, 0.1) is 25.6 Å². The largest absolute Gasteiger partial charge is 0.382 e. The molecule has 6 nitrogen and oxygen atoms in total. The second-order valence-corrected chi connectivity index (χ2v) is 2.89. The number of rotatable bonds is 5. The Morgan fingerprint density at radius 2 is 2.33 bits per heavy atom. The summed E-state index contributed by atoms with van der Waals surface area (Å²) < 4.78 is 4.72. The number of nitrogens with one attached hydrogen (secondary N) is 1. The Morgan fingerprint density at radius 1 is 1.53 bits per heavy atom. The van der Waals surface area contributed by atoms with Gasteiger partial charge >= 0.3 is 0 Å². The molecule has 0 radical (unpaired) electrons. The van der Waals surface area contributed by atoms with Gasteiger partial charge in [0.15, 0.2) is 0 Å². The number of ether oxygens (including phenoxy) is 1. The van der Waals surface area contributed by atoms with E-state index in [-0.39, 0.29) is 17.5 Å². The summed E-state index contributed by atoms with van der Waals surface area (Å²) in [5.74, 6) is -0.499. The predicted octanol–water partition coefficient (Wildman–Crippen LogP) is 0.438. The van der Waals surface area contributed by atoms with Crippen molar-refractivity contribution in [2.75, 3.05) is 20.3 Å². The first-order valence-electron chi connectivity index (χ1n) is 4.12. The van der Waals surface area contributed by atoms with E-state index in [1.165, 1.54) is 19.5 Å². The van der Waals surface area contributed by atoms with E-state index in [2.05, 4.69) is 15.4 Å². The molecule has 0 bridgehead atoms. The van der Waals surface area contributed by atoms with Crippen molar-refractivity contribution in [3.63, 3.8) is 0 Å². The zero-order valence-electron chi connectivity index (χ0n) is 8.07. The van der Waals surface area contributed by atoms with Gasteiger partial charge < -0.3 is 4.74 Å². The van der Waals surface area contributed by atoms with Gasteiger partial charge in [-0.05, 0) is 0 Å². The van der Waals surface area contributed by atoms with Crippen molar-refractivity contribution in [2.24, 2.45) is 0 Å². The molecule has 0 aliphatic rings. The lowest BCUT2D eigenvalue weighted by Crippen LogP contribution is -2.26. The maximum absolute atomic E-state index is 11.3. The number of carbonyl (C=O) groups is 1. The smallest absolute Gasteiger partial charge is 0.295 e. The van der Waals surface area contributed by atoms with Crippen molar-refractivity contribution in [1.29, 1.82) is 0 Å². The van der Waals surface area contributed by atoms with Crippen molar-refractivity contribution in [3.05, 3.63) is 23.2 Å². The fourth-order valence-electron chi connectivity index (χ4n) is 0.745. The first kappa shape index (κ1) is 11.8. The second kappa shape index (κ2) is 6.28. The van der Waals surface area contributed by atoms with E-state index >= 15 is 0 Å². The average Bonchev–Trinajstić information content (AvgIpc) is 2.24. The van der Waals surface area contributed by atoms with Gasteiger partial charge in [-0.1, -0.05) is 11.6 Å². The Kier molecular flexibility index (Phi) is 4.96. The molecule has 1 heterocycles. The molecule has 82 valence electrons. The summed E-state index contributed by atoms with van der Waals surface area (Å²) in [5.41, 5.74) is 2.28. The number of hydrogen-bond acceptors (Lipinski definition) is 5. The van der Waals surface area contributed by atoms with Crippen LogP contribution in [-0.4, -0.2) is 36.2 Å². The van der Waals surface area contributed by atoms with Crippen molar-refractivity contribution in [1.82, 2.24) is 15.4 Å². The van der Waals surface area contributed by atoms with Gasteiger partial charge in [0.25, 0.3) is 5.91 Å². The molecule has 15 heavy (non-hydrogen) atoms. The molecule has 1 rings (SSSR count). The monoisotopic (exact) mass is 231 g/mol. The Labute approximate surface area is 91.5 Å². The van der Waals surface area contributed by atoms with Crippen LogP contribution in [0.15, 0.2) is 12.4 Å². The van der Waals surface area contributed by atoms with Gasteiger partial charge in [-0.25, -0.2) is 10.5 Å². The lowest BCUT2D eigenvalue weighted by molar-refractivity contribution is 0.00855. The number of carbonyl (C=O) groups excluding carboxylic acids is 1. The molecule has 0 saturated carbocycles. The molecule has 0 aliphatic carbocycles. The average molecular weight is 232 g/mol. The van der Waals surface area contributed by atoms with Crippen LogP contribution in [0.1, 0.15) is 10.5 Å². The first-order chi connectivity index (χ1) is 7.24. The standard InChI is InChI=1S/C8H10ClN3O3/c1-14-2-3-15-12-8(13)6-4-10-5-7(9)11-6/h4-5H,2-3H2,1H3,(H,12,13). The van der Waals surface area contributed by atoms with Crippen LogP contribution in [0.4, 0.5) is 0 Å². The number of nitrogens with zero attached hydrogens (tertiary/aromatic N) is 2. The highest BCUT2D eigenvalue weighted by Gasteiger charge is 2.07. The summed E-state index contributed by atoms with van der Waals surface area (Å²) in [6.07, 6.45) is 2.63. The zero-order valence-corrected chi connectivity index (χ0v) is 8.82. The van der Waals surface area contributed by atoms with Crippen LogP contribution in [0.3, 0.4) is 0 Å². The second-order valence-electron chi connectivity index (χ2n) is 2.50. The van der Waals surface area contributed by atoms with Gasteiger partial charge in [0.1, 0.15) is 10.8 Å². The quantitative estimate of drug-likeness (QED) is 0.588. The molecule has 0 aliphatic heterocycles. The van der Waals surface area contributed by atoms with E-state index in [4.69, 9.17) is 21.2 Å². The van der Waals surface area contributed by atoms with E-state index in [0.29, 0.717) is 6.61 Å². The van der Waals surface area contributed by atoms with Crippen molar-refractivity contribution < 1.29 is 14.4 Å². The van der Waals surface area contributed by atoms with Gasteiger partial charge in [-0.15, -0.1) is 0 Å². The summed E-state index contributed by atoms with van der Waals surface area (Å²) in [6.45, 7) is 0.651. The molecular weight excluding hydrogens is 222 g/mol. The van der Waals surface area contributed by atoms with Crippen molar-refractivity contribution in [3.8, 4) is 0 Å². The molecule has 0 unspecified atom stereocenters. The third-order valence-corrected chi connectivity index (χ3v) is 1.57. The SMILES string of the molecule is COCCONC(=O)c1cncc(Cl)n1. The number of hydroxylamine groups is 1.